The fourth-order valence-electron chi connectivity index (χ4n) is 1.87. The molecule has 0 radical (unpaired) electrons. The molecule has 13 heavy (non-hydrogen) atoms. The SMILES string of the molecule is C1#CCCC(c2ccccc2)CC1. The highest BCUT2D eigenvalue weighted by atomic mass is 14.1. The lowest BCUT2D eigenvalue weighted by molar-refractivity contribution is 0.606. The number of hydrogen-bond acceptors (Lipinski definition) is 0. The van der Waals surface area contributed by atoms with Crippen molar-refractivity contribution in [2.45, 2.75) is 31.6 Å². The number of hydrogen-bond donors (Lipinski definition) is 0. The van der Waals surface area contributed by atoms with Crippen molar-refractivity contribution in [2.24, 2.45) is 0 Å². The van der Waals surface area contributed by atoms with Gasteiger partial charge in [-0.05, 0) is 24.3 Å². The van der Waals surface area contributed by atoms with Gasteiger partial charge in [0, 0.05) is 12.8 Å². The molecule has 0 unspecified atom stereocenters. The van der Waals surface area contributed by atoms with Gasteiger partial charge in [-0.25, -0.2) is 0 Å². The first-order valence-electron chi connectivity index (χ1n) is 4.97. The van der Waals surface area contributed by atoms with E-state index >= 15 is 0 Å². The second-order valence-corrected chi connectivity index (χ2v) is 3.54. The molecule has 0 amide bonds. The standard InChI is InChI=1S/C13H14/c1-2-5-9-12(8-4-1)13-10-6-3-7-11-13/h3,6-7,10-12H,4-5,8-9H2. The first kappa shape index (κ1) is 8.38. The van der Waals surface area contributed by atoms with Crippen LogP contribution in [0.1, 0.15) is 37.2 Å². The minimum Gasteiger partial charge on any atom is -0.103 e. The lowest BCUT2D eigenvalue weighted by atomic mass is 9.92. The molecule has 0 bridgehead atoms. The van der Waals surface area contributed by atoms with Crippen molar-refractivity contribution in [3.63, 3.8) is 0 Å². The quantitative estimate of drug-likeness (QED) is 0.567. The molecule has 0 aliphatic heterocycles. The van der Waals surface area contributed by atoms with Crippen LogP contribution < -0.4 is 0 Å². The van der Waals surface area contributed by atoms with Gasteiger partial charge in [0.25, 0.3) is 0 Å². The van der Waals surface area contributed by atoms with Gasteiger partial charge >= 0.3 is 0 Å². The zero-order chi connectivity index (χ0) is 8.93. The van der Waals surface area contributed by atoms with Crippen LogP contribution in [0, 0.1) is 11.8 Å². The molecule has 0 N–H and O–H groups in total. The summed E-state index contributed by atoms with van der Waals surface area (Å²) >= 11 is 0. The van der Waals surface area contributed by atoms with E-state index in [1.165, 1.54) is 18.4 Å². The Morgan fingerprint density at radius 3 is 2.15 bits per heavy atom. The molecule has 0 saturated carbocycles. The minimum absolute atomic E-state index is 0.726. The van der Waals surface area contributed by atoms with Crippen molar-refractivity contribution in [3.8, 4) is 11.8 Å². The Hall–Kier alpha value is -1.22. The first-order valence-corrected chi connectivity index (χ1v) is 4.97. The fraction of sp³-hybridized carbons (Fsp3) is 0.385. The summed E-state index contributed by atoms with van der Waals surface area (Å²) in [6.45, 7) is 0. The maximum Gasteiger partial charge on any atom is 0.00945 e. The van der Waals surface area contributed by atoms with Crippen molar-refractivity contribution in [2.75, 3.05) is 0 Å². The average Bonchev–Trinajstić information content (AvgIpc) is 2.47. The number of rotatable bonds is 1. The Labute approximate surface area is 80.0 Å². The third-order valence-electron chi connectivity index (χ3n) is 2.63. The van der Waals surface area contributed by atoms with Gasteiger partial charge in [0.05, 0.1) is 0 Å². The molecule has 1 aromatic rings. The molecule has 2 rings (SSSR count). The van der Waals surface area contributed by atoms with Crippen molar-refractivity contribution in [3.05, 3.63) is 35.9 Å². The van der Waals surface area contributed by atoms with Gasteiger partial charge in [0.15, 0.2) is 0 Å². The third-order valence-corrected chi connectivity index (χ3v) is 2.63. The van der Waals surface area contributed by atoms with Gasteiger partial charge in [0.2, 0.25) is 0 Å². The lowest BCUT2D eigenvalue weighted by Crippen LogP contribution is -1.96. The molecule has 0 nitrogen and oxygen atoms in total. The maximum absolute atomic E-state index is 3.20. The fourth-order valence-corrected chi connectivity index (χ4v) is 1.87. The number of benzene rings is 1. The smallest absolute Gasteiger partial charge is 0.00945 e. The van der Waals surface area contributed by atoms with E-state index < -0.39 is 0 Å². The molecule has 66 valence electrons. The molecule has 0 atom stereocenters. The average molecular weight is 170 g/mol. The van der Waals surface area contributed by atoms with Crippen LogP contribution in [0.4, 0.5) is 0 Å². The Balaban J connectivity index is 2.09. The molecular formula is C13H14. The molecule has 1 aliphatic rings. The monoisotopic (exact) mass is 170 g/mol. The van der Waals surface area contributed by atoms with E-state index in [9.17, 15) is 0 Å². The zero-order valence-electron chi connectivity index (χ0n) is 7.79. The third kappa shape index (κ3) is 2.12. The van der Waals surface area contributed by atoms with Gasteiger partial charge in [-0.1, -0.05) is 30.3 Å². The second-order valence-electron chi connectivity index (χ2n) is 3.54. The normalized spacial score (nSPS) is 17.2. The Morgan fingerprint density at radius 1 is 0.923 bits per heavy atom. The van der Waals surface area contributed by atoms with Crippen molar-refractivity contribution >= 4 is 0 Å². The second kappa shape index (κ2) is 4.14. The lowest BCUT2D eigenvalue weighted by Gasteiger charge is -2.13. The predicted molar refractivity (Wildman–Crippen MR) is 55.4 cm³/mol. The van der Waals surface area contributed by atoms with E-state index in [1.807, 2.05) is 0 Å². The summed E-state index contributed by atoms with van der Waals surface area (Å²) in [4.78, 5) is 0. The molecule has 0 heterocycles. The highest BCUT2D eigenvalue weighted by molar-refractivity contribution is 5.21. The summed E-state index contributed by atoms with van der Waals surface area (Å²) in [5, 5.41) is 0. The van der Waals surface area contributed by atoms with Crippen LogP contribution in [0.2, 0.25) is 0 Å². The van der Waals surface area contributed by atoms with E-state index in [0.717, 1.165) is 18.8 Å². The summed E-state index contributed by atoms with van der Waals surface area (Å²) < 4.78 is 0. The van der Waals surface area contributed by atoms with E-state index in [-0.39, 0.29) is 0 Å². The maximum atomic E-state index is 3.20. The van der Waals surface area contributed by atoms with Crippen molar-refractivity contribution in [1.82, 2.24) is 0 Å². The van der Waals surface area contributed by atoms with Crippen molar-refractivity contribution < 1.29 is 0 Å². The van der Waals surface area contributed by atoms with Gasteiger partial charge in [-0.3, -0.25) is 0 Å². The summed E-state index contributed by atoms with van der Waals surface area (Å²) in [6, 6.07) is 10.8. The Morgan fingerprint density at radius 2 is 1.54 bits per heavy atom. The summed E-state index contributed by atoms with van der Waals surface area (Å²) in [5.74, 6) is 7.12. The van der Waals surface area contributed by atoms with E-state index in [2.05, 4.69) is 42.2 Å². The van der Waals surface area contributed by atoms with E-state index in [0.29, 0.717) is 0 Å². The van der Waals surface area contributed by atoms with Crippen LogP contribution in [0.3, 0.4) is 0 Å². The molecule has 1 aliphatic carbocycles. The molecule has 0 fully saturated rings. The topological polar surface area (TPSA) is 0 Å². The predicted octanol–water partition coefficient (Wildman–Crippen LogP) is 3.35. The molecule has 0 saturated heterocycles. The van der Waals surface area contributed by atoms with Gasteiger partial charge in [-0.15, -0.1) is 11.8 Å². The summed E-state index contributed by atoms with van der Waals surface area (Å²) in [7, 11) is 0. The van der Waals surface area contributed by atoms with Crippen LogP contribution in [-0.2, 0) is 0 Å². The summed E-state index contributed by atoms with van der Waals surface area (Å²) in [5.41, 5.74) is 1.48. The van der Waals surface area contributed by atoms with Gasteiger partial charge < -0.3 is 0 Å². The minimum atomic E-state index is 0.726. The summed E-state index contributed by atoms with van der Waals surface area (Å²) in [6.07, 6.45) is 4.60. The van der Waals surface area contributed by atoms with Crippen LogP contribution in [0.5, 0.6) is 0 Å². The van der Waals surface area contributed by atoms with Crippen LogP contribution in [0.15, 0.2) is 30.3 Å². The van der Waals surface area contributed by atoms with Crippen LogP contribution in [-0.4, -0.2) is 0 Å². The first-order chi connectivity index (χ1) is 6.47. The zero-order valence-corrected chi connectivity index (χ0v) is 7.79. The van der Waals surface area contributed by atoms with E-state index in [4.69, 9.17) is 0 Å². The molecule has 0 spiro atoms. The largest absolute Gasteiger partial charge is 0.103 e. The highest BCUT2D eigenvalue weighted by Crippen LogP contribution is 2.26. The van der Waals surface area contributed by atoms with Crippen LogP contribution >= 0.6 is 0 Å². The Bertz CT molecular complexity index is 301. The molecule has 1 aromatic carbocycles. The highest BCUT2D eigenvalue weighted by Gasteiger charge is 2.10. The Kier molecular flexibility index (Phi) is 2.67. The molecule has 0 heteroatoms. The van der Waals surface area contributed by atoms with Crippen molar-refractivity contribution in [1.29, 1.82) is 0 Å². The van der Waals surface area contributed by atoms with E-state index in [1.54, 1.807) is 0 Å². The van der Waals surface area contributed by atoms with Gasteiger partial charge in [0.1, 0.15) is 0 Å². The molecular weight excluding hydrogens is 156 g/mol. The molecule has 0 aromatic heterocycles. The van der Waals surface area contributed by atoms with Gasteiger partial charge in [-0.2, -0.15) is 0 Å². The van der Waals surface area contributed by atoms with Crippen LogP contribution in [0.25, 0.3) is 0 Å².